The third-order valence-electron chi connectivity index (χ3n) is 3.97. The molecule has 2 aromatic carbocycles. The molecule has 0 saturated heterocycles. The van der Waals surface area contributed by atoms with Crippen molar-refractivity contribution in [1.82, 2.24) is 0 Å². The Bertz CT molecular complexity index is 1010. The zero-order valence-electron chi connectivity index (χ0n) is 13.5. The van der Waals surface area contributed by atoms with E-state index in [-0.39, 0.29) is 22.2 Å². The molecule has 26 heavy (non-hydrogen) atoms. The Labute approximate surface area is 154 Å². The lowest BCUT2D eigenvalue weighted by Gasteiger charge is -2.29. The second-order valence-electron chi connectivity index (χ2n) is 5.79. The van der Waals surface area contributed by atoms with Gasteiger partial charge >= 0.3 is 0 Å². The molecule has 136 valence electrons. The fourth-order valence-corrected chi connectivity index (χ4v) is 4.71. The largest absolute Gasteiger partial charge is 0.324 e. The summed E-state index contributed by atoms with van der Waals surface area (Å²) in [5.41, 5.74) is 0.148. The normalized spacial score (nSPS) is 17.2. The Morgan fingerprint density at radius 1 is 1.27 bits per heavy atom. The minimum absolute atomic E-state index is 0.0520. The highest BCUT2D eigenvalue weighted by Crippen LogP contribution is 2.37. The molecule has 0 bridgehead atoms. The number of nitro benzene ring substituents is 1. The van der Waals surface area contributed by atoms with Crippen LogP contribution in [0.3, 0.4) is 0 Å². The van der Waals surface area contributed by atoms with Crippen molar-refractivity contribution in [3.8, 4) is 0 Å². The number of para-hydroxylation sites is 2. The number of hydrogen-bond donors (Lipinski definition) is 1. The van der Waals surface area contributed by atoms with Crippen molar-refractivity contribution in [2.45, 2.75) is 24.3 Å². The molecule has 0 fully saturated rings. The maximum Gasteiger partial charge on any atom is 0.289 e. The molecule has 1 aliphatic heterocycles. The Kier molecular flexibility index (Phi) is 4.59. The minimum atomic E-state index is -4.17. The number of benzene rings is 2. The smallest absolute Gasteiger partial charge is 0.289 e. The topological polar surface area (TPSA) is 110 Å². The Balaban J connectivity index is 2.19. The third-order valence-corrected chi connectivity index (χ3v) is 6.21. The number of nitro groups is 1. The summed E-state index contributed by atoms with van der Waals surface area (Å²) in [6.07, 6.45) is -0.0520. The molecule has 0 saturated carbocycles. The highest BCUT2D eigenvalue weighted by atomic mass is 35.5. The van der Waals surface area contributed by atoms with Crippen molar-refractivity contribution in [3.05, 3.63) is 57.6 Å². The van der Waals surface area contributed by atoms with E-state index in [4.69, 9.17) is 11.6 Å². The summed E-state index contributed by atoms with van der Waals surface area (Å²) < 4.78 is 27.6. The van der Waals surface area contributed by atoms with Gasteiger partial charge in [0.2, 0.25) is 5.91 Å². The summed E-state index contributed by atoms with van der Waals surface area (Å²) in [4.78, 5) is 22.1. The Hall–Kier alpha value is -2.65. The highest BCUT2D eigenvalue weighted by Gasteiger charge is 2.35. The van der Waals surface area contributed by atoms with Crippen LogP contribution in [0.4, 0.5) is 17.1 Å². The van der Waals surface area contributed by atoms with Gasteiger partial charge < -0.3 is 5.32 Å². The predicted molar refractivity (Wildman–Crippen MR) is 96.9 cm³/mol. The number of nitrogens with one attached hydrogen (secondary N) is 1. The van der Waals surface area contributed by atoms with Crippen LogP contribution in [0.2, 0.25) is 5.02 Å². The molecule has 10 heteroatoms. The van der Waals surface area contributed by atoms with Crippen LogP contribution in [0.15, 0.2) is 47.4 Å². The molecule has 8 nitrogen and oxygen atoms in total. The lowest BCUT2D eigenvalue weighted by molar-refractivity contribution is -0.384. The summed E-state index contributed by atoms with van der Waals surface area (Å²) in [7, 11) is -4.17. The van der Waals surface area contributed by atoms with Crippen molar-refractivity contribution in [3.63, 3.8) is 0 Å². The van der Waals surface area contributed by atoms with Crippen LogP contribution in [0.5, 0.6) is 0 Å². The van der Waals surface area contributed by atoms with Gasteiger partial charge in [-0.1, -0.05) is 23.7 Å². The lowest BCUT2D eigenvalue weighted by Crippen LogP contribution is -2.39. The minimum Gasteiger partial charge on any atom is -0.324 e. The van der Waals surface area contributed by atoms with E-state index >= 15 is 0 Å². The van der Waals surface area contributed by atoms with E-state index in [0.29, 0.717) is 11.4 Å². The second-order valence-corrected chi connectivity index (χ2v) is 8.01. The predicted octanol–water partition coefficient (Wildman–Crippen LogP) is 3.17. The molecule has 0 spiro atoms. The summed E-state index contributed by atoms with van der Waals surface area (Å²) in [6, 6.07) is 9.11. The third kappa shape index (κ3) is 3.11. The van der Waals surface area contributed by atoms with Crippen molar-refractivity contribution in [2.75, 3.05) is 9.62 Å². The lowest BCUT2D eigenvalue weighted by atomic mass is 10.2. The van der Waals surface area contributed by atoms with Gasteiger partial charge in [0.25, 0.3) is 15.7 Å². The van der Waals surface area contributed by atoms with Gasteiger partial charge in [-0.05, 0) is 31.2 Å². The van der Waals surface area contributed by atoms with E-state index in [1.807, 2.05) is 0 Å². The number of amides is 1. The fraction of sp³-hybridized carbons (Fsp3) is 0.188. The van der Waals surface area contributed by atoms with Crippen molar-refractivity contribution in [1.29, 1.82) is 0 Å². The first kappa shape index (κ1) is 18.2. The fourth-order valence-electron chi connectivity index (χ4n) is 2.83. The number of carbonyl (C=O) groups excluding carboxylic acids is 1. The molecule has 3 rings (SSSR count). The van der Waals surface area contributed by atoms with Crippen molar-refractivity contribution < 1.29 is 18.1 Å². The Morgan fingerprint density at radius 3 is 2.65 bits per heavy atom. The first-order valence-electron chi connectivity index (χ1n) is 7.59. The average molecular weight is 396 g/mol. The molecular formula is C16H14ClN3O5S. The zero-order valence-corrected chi connectivity index (χ0v) is 15.1. The molecule has 1 aliphatic rings. The van der Waals surface area contributed by atoms with Gasteiger partial charge in [0, 0.05) is 12.5 Å². The number of rotatable bonds is 3. The van der Waals surface area contributed by atoms with Gasteiger partial charge in [-0.3, -0.25) is 19.2 Å². The summed E-state index contributed by atoms with van der Waals surface area (Å²) in [6.45, 7) is 1.60. The summed E-state index contributed by atoms with van der Waals surface area (Å²) >= 11 is 5.78. The SMILES string of the molecule is C[C@@H]1CC(=O)Nc2ccccc2N1S(=O)(=O)c1ccc(Cl)c([N+](=O)[O-])c1. The molecule has 1 amide bonds. The van der Waals surface area contributed by atoms with Gasteiger partial charge in [0.15, 0.2) is 0 Å². The van der Waals surface area contributed by atoms with Crippen LogP contribution in [0.1, 0.15) is 13.3 Å². The van der Waals surface area contributed by atoms with Gasteiger partial charge in [-0.2, -0.15) is 0 Å². The number of halogens is 1. The summed E-state index contributed by atoms with van der Waals surface area (Å²) in [5, 5.41) is 13.6. The molecule has 0 radical (unpaired) electrons. The van der Waals surface area contributed by atoms with E-state index in [1.54, 1.807) is 31.2 Å². The van der Waals surface area contributed by atoms with E-state index in [1.165, 1.54) is 12.1 Å². The van der Waals surface area contributed by atoms with Crippen LogP contribution in [-0.4, -0.2) is 25.3 Å². The first-order valence-corrected chi connectivity index (χ1v) is 9.41. The Morgan fingerprint density at radius 2 is 1.96 bits per heavy atom. The number of sulfonamides is 1. The first-order chi connectivity index (χ1) is 12.2. The number of carbonyl (C=O) groups is 1. The molecule has 0 unspecified atom stereocenters. The number of nitrogens with zero attached hydrogens (tertiary/aromatic N) is 2. The van der Waals surface area contributed by atoms with Gasteiger partial charge in [0.05, 0.1) is 27.2 Å². The molecule has 2 aromatic rings. The maximum atomic E-state index is 13.2. The van der Waals surface area contributed by atoms with E-state index in [9.17, 15) is 23.3 Å². The van der Waals surface area contributed by atoms with E-state index in [2.05, 4.69) is 5.32 Å². The van der Waals surface area contributed by atoms with Crippen LogP contribution < -0.4 is 9.62 Å². The molecule has 0 aromatic heterocycles. The quantitative estimate of drug-likeness (QED) is 0.634. The van der Waals surface area contributed by atoms with Crippen LogP contribution in [0, 0.1) is 10.1 Å². The number of fused-ring (bicyclic) bond motifs is 1. The highest BCUT2D eigenvalue weighted by molar-refractivity contribution is 7.92. The second kappa shape index (κ2) is 6.58. The monoisotopic (exact) mass is 395 g/mol. The van der Waals surface area contributed by atoms with Gasteiger partial charge in [-0.15, -0.1) is 0 Å². The molecular weight excluding hydrogens is 382 g/mol. The average Bonchev–Trinajstić information content (AvgIpc) is 2.69. The molecule has 0 aliphatic carbocycles. The standard InChI is InChI=1S/C16H14ClN3O5S/c1-10-8-16(21)18-13-4-2-3-5-14(13)19(10)26(24,25)11-6-7-12(17)15(9-11)20(22)23/h2-7,9-10H,8H2,1H3,(H,18,21)/t10-/m1/s1. The zero-order chi connectivity index (χ0) is 19.1. The van der Waals surface area contributed by atoms with Crippen molar-refractivity contribution in [2.24, 2.45) is 0 Å². The van der Waals surface area contributed by atoms with Crippen LogP contribution in [0.25, 0.3) is 0 Å². The molecule has 1 atom stereocenters. The van der Waals surface area contributed by atoms with E-state index in [0.717, 1.165) is 10.4 Å². The number of anilines is 2. The molecule has 1 N–H and O–H groups in total. The molecule has 1 heterocycles. The van der Waals surface area contributed by atoms with Crippen molar-refractivity contribution >= 4 is 44.6 Å². The maximum absolute atomic E-state index is 13.2. The van der Waals surface area contributed by atoms with Crippen LogP contribution >= 0.6 is 11.6 Å². The van der Waals surface area contributed by atoms with Gasteiger partial charge in [0.1, 0.15) is 5.02 Å². The summed E-state index contributed by atoms with van der Waals surface area (Å²) in [5.74, 6) is -0.315. The number of hydrogen-bond acceptors (Lipinski definition) is 5. The van der Waals surface area contributed by atoms with Gasteiger partial charge in [-0.25, -0.2) is 8.42 Å². The van der Waals surface area contributed by atoms with E-state index < -0.39 is 26.7 Å². The van der Waals surface area contributed by atoms with Crippen LogP contribution in [-0.2, 0) is 14.8 Å².